The van der Waals surface area contributed by atoms with Crippen molar-refractivity contribution in [3.63, 3.8) is 0 Å². The maximum Gasteiger partial charge on any atom is 0.0597 e. The first-order chi connectivity index (χ1) is 8.58. The maximum absolute atomic E-state index is 4.45. The summed E-state index contributed by atoms with van der Waals surface area (Å²) in [6.07, 6.45) is 1.21. The van der Waals surface area contributed by atoms with Gasteiger partial charge in [0.2, 0.25) is 0 Å². The van der Waals surface area contributed by atoms with Gasteiger partial charge in [0.05, 0.1) is 11.4 Å². The third kappa shape index (κ3) is 4.42. The molecule has 0 saturated carbocycles. The summed E-state index contributed by atoms with van der Waals surface area (Å²) in [4.78, 5) is 2.40. The van der Waals surface area contributed by atoms with Gasteiger partial charge in [0, 0.05) is 32.2 Å². The van der Waals surface area contributed by atoms with Crippen LogP contribution in [-0.2, 0) is 13.1 Å². The SMILES string of the molecule is CCC(C)N(C)CCNCc1cc(C)nn1CC. The van der Waals surface area contributed by atoms with Crippen molar-refractivity contribution in [2.24, 2.45) is 0 Å². The third-order valence-electron chi connectivity index (χ3n) is 3.58. The minimum atomic E-state index is 0.662. The predicted molar refractivity (Wildman–Crippen MR) is 76.7 cm³/mol. The molecule has 1 aromatic rings. The average Bonchev–Trinajstić information content (AvgIpc) is 2.73. The number of rotatable bonds is 8. The number of aryl methyl sites for hydroxylation is 2. The summed E-state index contributed by atoms with van der Waals surface area (Å²) in [6, 6.07) is 2.82. The van der Waals surface area contributed by atoms with E-state index in [0.717, 1.165) is 31.9 Å². The smallest absolute Gasteiger partial charge is 0.0597 e. The first kappa shape index (κ1) is 15.2. The molecule has 18 heavy (non-hydrogen) atoms. The van der Waals surface area contributed by atoms with Crippen LogP contribution in [0.5, 0.6) is 0 Å². The summed E-state index contributed by atoms with van der Waals surface area (Å²) >= 11 is 0. The van der Waals surface area contributed by atoms with Crippen LogP contribution >= 0.6 is 0 Å². The van der Waals surface area contributed by atoms with Gasteiger partial charge in [0.1, 0.15) is 0 Å². The number of hydrogen-bond donors (Lipinski definition) is 1. The monoisotopic (exact) mass is 252 g/mol. The van der Waals surface area contributed by atoms with E-state index >= 15 is 0 Å². The lowest BCUT2D eigenvalue weighted by atomic mass is 10.2. The van der Waals surface area contributed by atoms with Crippen molar-refractivity contribution in [2.45, 2.75) is 53.2 Å². The highest BCUT2D eigenvalue weighted by Crippen LogP contribution is 2.03. The highest BCUT2D eigenvalue weighted by Gasteiger charge is 2.06. The molecule has 1 atom stereocenters. The highest BCUT2D eigenvalue weighted by molar-refractivity contribution is 5.08. The number of nitrogens with one attached hydrogen (secondary N) is 1. The Hall–Kier alpha value is -0.870. The molecule has 4 heteroatoms. The topological polar surface area (TPSA) is 33.1 Å². The molecule has 0 aliphatic heterocycles. The van der Waals surface area contributed by atoms with Crippen LogP contribution in [-0.4, -0.2) is 40.9 Å². The molecule has 0 aliphatic rings. The van der Waals surface area contributed by atoms with Crippen LogP contribution in [0.3, 0.4) is 0 Å². The Balaban J connectivity index is 2.29. The van der Waals surface area contributed by atoms with E-state index in [9.17, 15) is 0 Å². The number of hydrogen-bond acceptors (Lipinski definition) is 3. The Bertz CT molecular complexity index is 346. The molecule has 0 radical (unpaired) electrons. The fourth-order valence-corrected chi connectivity index (χ4v) is 2.02. The molecule has 4 nitrogen and oxygen atoms in total. The third-order valence-corrected chi connectivity index (χ3v) is 3.58. The van der Waals surface area contributed by atoms with Crippen molar-refractivity contribution >= 4 is 0 Å². The molecule has 1 unspecified atom stereocenters. The van der Waals surface area contributed by atoms with Crippen LogP contribution in [0.15, 0.2) is 6.07 Å². The van der Waals surface area contributed by atoms with Crippen LogP contribution in [0.2, 0.25) is 0 Å². The lowest BCUT2D eigenvalue weighted by Crippen LogP contribution is -2.35. The van der Waals surface area contributed by atoms with Crippen LogP contribution in [0, 0.1) is 6.92 Å². The van der Waals surface area contributed by atoms with E-state index in [1.54, 1.807) is 0 Å². The van der Waals surface area contributed by atoms with Gasteiger partial charge in [-0.15, -0.1) is 0 Å². The Morgan fingerprint density at radius 1 is 1.44 bits per heavy atom. The molecule has 1 N–H and O–H groups in total. The van der Waals surface area contributed by atoms with Gasteiger partial charge in [-0.1, -0.05) is 6.92 Å². The van der Waals surface area contributed by atoms with Gasteiger partial charge in [-0.05, 0) is 40.3 Å². The van der Waals surface area contributed by atoms with Crippen LogP contribution in [0.25, 0.3) is 0 Å². The number of aromatic nitrogens is 2. The van der Waals surface area contributed by atoms with Crippen molar-refractivity contribution in [2.75, 3.05) is 20.1 Å². The summed E-state index contributed by atoms with van der Waals surface area (Å²) in [5, 5.41) is 7.95. The molecule has 0 spiro atoms. The Morgan fingerprint density at radius 3 is 2.78 bits per heavy atom. The second-order valence-corrected chi connectivity index (χ2v) is 5.01. The van der Waals surface area contributed by atoms with Crippen molar-refractivity contribution in [3.05, 3.63) is 17.5 Å². The molecule has 0 aromatic carbocycles. The average molecular weight is 252 g/mol. The van der Waals surface area contributed by atoms with Gasteiger partial charge in [-0.2, -0.15) is 5.10 Å². The molecule has 1 rings (SSSR count). The summed E-state index contributed by atoms with van der Waals surface area (Å²) in [5.74, 6) is 0. The Labute approximate surface area is 111 Å². The molecule has 0 bridgehead atoms. The molecule has 104 valence electrons. The second kappa shape index (κ2) is 7.54. The van der Waals surface area contributed by atoms with Gasteiger partial charge in [-0.25, -0.2) is 0 Å². The van der Waals surface area contributed by atoms with Crippen molar-refractivity contribution < 1.29 is 0 Å². The van der Waals surface area contributed by atoms with E-state index < -0.39 is 0 Å². The fourth-order valence-electron chi connectivity index (χ4n) is 2.02. The van der Waals surface area contributed by atoms with Gasteiger partial charge < -0.3 is 10.2 Å². The zero-order chi connectivity index (χ0) is 13.5. The van der Waals surface area contributed by atoms with Crippen molar-refractivity contribution in [1.29, 1.82) is 0 Å². The van der Waals surface area contributed by atoms with Gasteiger partial charge in [0.25, 0.3) is 0 Å². The van der Waals surface area contributed by atoms with Gasteiger partial charge in [0.15, 0.2) is 0 Å². The highest BCUT2D eigenvalue weighted by atomic mass is 15.3. The standard InChI is InChI=1S/C14H28N4/c1-6-13(4)17(5)9-8-15-11-14-10-12(3)16-18(14)7-2/h10,13,15H,6-9,11H2,1-5H3. The van der Waals surface area contributed by atoms with Crippen LogP contribution < -0.4 is 5.32 Å². The molecule has 0 saturated heterocycles. The normalized spacial score (nSPS) is 13.2. The first-order valence-electron chi connectivity index (χ1n) is 7.02. The molecule has 0 fully saturated rings. The summed E-state index contributed by atoms with van der Waals surface area (Å²) in [5.41, 5.74) is 2.38. The fraction of sp³-hybridized carbons (Fsp3) is 0.786. The lowest BCUT2D eigenvalue weighted by Gasteiger charge is -2.23. The molecular weight excluding hydrogens is 224 g/mol. The van der Waals surface area contributed by atoms with E-state index in [1.807, 2.05) is 6.92 Å². The summed E-state index contributed by atoms with van der Waals surface area (Å²) in [7, 11) is 2.19. The molecular formula is C14H28N4. The van der Waals surface area contributed by atoms with E-state index in [2.05, 4.69) is 53.9 Å². The molecule has 0 amide bonds. The number of likely N-dealkylation sites (N-methyl/N-ethyl adjacent to an activating group) is 1. The van der Waals surface area contributed by atoms with Crippen molar-refractivity contribution in [1.82, 2.24) is 20.0 Å². The van der Waals surface area contributed by atoms with E-state index in [4.69, 9.17) is 0 Å². The zero-order valence-electron chi connectivity index (χ0n) is 12.5. The Morgan fingerprint density at radius 2 is 2.17 bits per heavy atom. The molecule has 1 aromatic heterocycles. The predicted octanol–water partition coefficient (Wildman–Crippen LogP) is 2.03. The van der Waals surface area contributed by atoms with Gasteiger partial charge >= 0.3 is 0 Å². The van der Waals surface area contributed by atoms with Crippen LogP contribution in [0.4, 0.5) is 0 Å². The second-order valence-electron chi connectivity index (χ2n) is 5.01. The summed E-state index contributed by atoms with van der Waals surface area (Å²) in [6.45, 7) is 12.6. The molecule has 1 heterocycles. The summed E-state index contributed by atoms with van der Waals surface area (Å²) < 4.78 is 2.07. The zero-order valence-corrected chi connectivity index (χ0v) is 12.5. The first-order valence-corrected chi connectivity index (χ1v) is 7.02. The number of nitrogens with zero attached hydrogens (tertiary/aromatic N) is 3. The minimum absolute atomic E-state index is 0.662. The largest absolute Gasteiger partial charge is 0.310 e. The Kier molecular flexibility index (Phi) is 6.36. The maximum atomic E-state index is 4.45. The van der Waals surface area contributed by atoms with Crippen molar-refractivity contribution in [3.8, 4) is 0 Å². The van der Waals surface area contributed by atoms with Crippen LogP contribution in [0.1, 0.15) is 38.6 Å². The lowest BCUT2D eigenvalue weighted by molar-refractivity contribution is 0.251. The van der Waals surface area contributed by atoms with E-state index in [-0.39, 0.29) is 0 Å². The quantitative estimate of drug-likeness (QED) is 0.719. The van der Waals surface area contributed by atoms with Gasteiger partial charge in [-0.3, -0.25) is 4.68 Å². The molecule has 0 aliphatic carbocycles. The minimum Gasteiger partial charge on any atom is -0.310 e. The van der Waals surface area contributed by atoms with E-state index in [1.165, 1.54) is 12.1 Å². The van der Waals surface area contributed by atoms with E-state index in [0.29, 0.717) is 6.04 Å².